The average Bonchev–Trinajstić information content (AvgIpc) is 3.46. The van der Waals surface area contributed by atoms with Crippen LogP contribution in [0, 0.1) is 12.3 Å². The molecule has 0 amide bonds. The number of nitrogens with one attached hydrogen (secondary N) is 1. The number of hydrogen-bond acceptors (Lipinski definition) is 7. The van der Waals surface area contributed by atoms with Crippen LogP contribution in [0.4, 0.5) is 5.82 Å². The number of H-pyrrole nitrogens is 1. The van der Waals surface area contributed by atoms with Crippen LogP contribution in [0.5, 0.6) is 0 Å². The molecule has 5 rings (SSSR count). The number of terminal acetylenes is 1. The fraction of sp³-hybridized carbons (Fsp3) is 0.370. The Kier molecular flexibility index (Phi) is 7.19. The lowest BCUT2D eigenvalue weighted by molar-refractivity contribution is 0.386. The van der Waals surface area contributed by atoms with Gasteiger partial charge in [0.1, 0.15) is 11.5 Å². The van der Waals surface area contributed by atoms with E-state index in [1.807, 2.05) is 36.9 Å². The molecule has 4 aromatic rings. The minimum Gasteiger partial charge on any atom is -0.354 e. The van der Waals surface area contributed by atoms with Crippen molar-refractivity contribution >= 4 is 51.1 Å². The maximum atomic E-state index is 13.1. The Balaban J connectivity index is 1.58. The summed E-state index contributed by atoms with van der Waals surface area (Å²) in [6.45, 7) is 5.14. The first-order chi connectivity index (χ1) is 17.8. The summed E-state index contributed by atoms with van der Waals surface area (Å²) in [5, 5.41) is 2.65. The fourth-order valence-electron chi connectivity index (χ4n) is 4.71. The van der Waals surface area contributed by atoms with E-state index in [4.69, 9.17) is 33.7 Å². The quantitative estimate of drug-likeness (QED) is 0.275. The minimum atomic E-state index is -0.145. The summed E-state index contributed by atoms with van der Waals surface area (Å²) < 4.78 is 2.05. The Morgan fingerprint density at radius 2 is 2.16 bits per heavy atom. The molecule has 1 aromatic carbocycles. The first-order valence-corrected chi connectivity index (χ1v) is 13.5. The van der Waals surface area contributed by atoms with E-state index >= 15 is 0 Å². The maximum Gasteiger partial charge on any atom is 0.205 e. The number of likely N-dealkylation sites (N-methyl/N-ethyl adjacent to an activating group) is 1. The van der Waals surface area contributed by atoms with Crippen molar-refractivity contribution in [3.05, 3.63) is 50.9 Å². The van der Waals surface area contributed by atoms with Gasteiger partial charge in [0.25, 0.3) is 0 Å². The van der Waals surface area contributed by atoms with Crippen LogP contribution >= 0.6 is 23.4 Å². The van der Waals surface area contributed by atoms with Crippen molar-refractivity contribution in [1.82, 2.24) is 24.4 Å². The largest absolute Gasteiger partial charge is 0.354 e. The van der Waals surface area contributed by atoms with Gasteiger partial charge in [-0.2, -0.15) is 0 Å². The smallest absolute Gasteiger partial charge is 0.205 e. The van der Waals surface area contributed by atoms with Gasteiger partial charge in [0.05, 0.1) is 21.5 Å². The third-order valence-electron chi connectivity index (χ3n) is 6.71. The molecule has 0 unspecified atom stereocenters. The lowest BCUT2D eigenvalue weighted by Crippen LogP contribution is -2.27. The number of hydrogen-bond donors (Lipinski definition) is 2. The van der Waals surface area contributed by atoms with Crippen molar-refractivity contribution in [2.24, 2.45) is 5.73 Å². The van der Waals surface area contributed by atoms with Crippen LogP contribution in [0.25, 0.3) is 21.9 Å². The van der Waals surface area contributed by atoms with E-state index in [0.717, 1.165) is 66.3 Å². The summed E-state index contributed by atoms with van der Waals surface area (Å²) in [6.07, 6.45) is 9.10. The molecule has 3 N–H and O–H groups in total. The van der Waals surface area contributed by atoms with Gasteiger partial charge in [-0.05, 0) is 56.9 Å². The molecule has 0 saturated carbocycles. The third kappa shape index (κ3) is 4.94. The normalized spacial score (nSPS) is 15.8. The van der Waals surface area contributed by atoms with Crippen molar-refractivity contribution in [2.75, 3.05) is 38.6 Å². The number of nitrogens with zero attached hydrogens (tertiary/aromatic N) is 5. The van der Waals surface area contributed by atoms with Gasteiger partial charge < -0.3 is 25.1 Å². The number of benzene rings is 1. The van der Waals surface area contributed by atoms with E-state index < -0.39 is 0 Å². The number of anilines is 1. The molecule has 192 valence electrons. The molecule has 1 atom stereocenters. The van der Waals surface area contributed by atoms with Crippen LogP contribution in [0.15, 0.2) is 39.2 Å². The predicted octanol–water partition coefficient (Wildman–Crippen LogP) is 3.72. The van der Waals surface area contributed by atoms with E-state index in [1.165, 1.54) is 11.8 Å². The molecule has 0 radical (unpaired) electrons. The number of nitrogens with two attached hydrogens (primary N) is 1. The van der Waals surface area contributed by atoms with Crippen molar-refractivity contribution in [3.8, 4) is 12.3 Å². The molecule has 0 aliphatic carbocycles. The predicted molar refractivity (Wildman–Crippen MR) is 152 cm³/mol. The van der Waals surface area contributed by atoms with E-state index in [9.17, 15) is 4.79 Å². The van der Waals surface area contributed by atoms with Crippen molar-refractivity contribution in [3.63, 3.8) is 0 Å². The van der Waals surface area contributed by atoms with Crippen molar-refractivity contribution < 1.29 is 0 Å². The standard InChI is InChI=1S/C27H30ClN7OS/c1-5-16-14-34(12-11-33(3)4)21-8-7-18(13-19(21)24(16)36)37-27-31-25-22(23(28)20(6-2)30-25)26(32-27)35-10-9-17(29)15-35/h1,7-8,13-14,17H,6,9-12,15,29H2,2-4H3,(H,30,31,32)/t17-/m0/s1. The van der Waals surface area contributed by atoms with Crippen molar-refractivity contribution in [2.45, 2.75) is 42.4 Å². The second kappa shape index (κ2) is 10.4. The lowest BCUT2D eigenvalue weighted by Gasteiger charge is -2.19. The second-order valence-electron chi connectivity index (χ2n) is 9.61. The maximum absolute atomic E-state index is 13.1. The summed E-state index contributed by atoms with van der Waals surface area (Å²) in [6, 6.07) is 5.94. The van der Waals surface area contributed by atoms with Gasteiger partial charge >= 0.3 is 0 Å². The molecule has 1 saturated heterocycles. The van der Waals surface area contributed by atoms with E-state index in [0.29, 0.717) is 26.8 Å². The first kappa shape index (κ1) is 25.6. The van der Waals surface area contributed by atoms with Crippen LogP contribution < -0.4 is 16.1 Å². The van der Waals surface area contributed by atoms with E-state index in [2.05, 4.69) is 27.6 Å². The van der Waals surface area contributed by atoms with Crippen LogP contribution in [0.2, 0.25) is 5.02 Å². The molecule has 0 bridgehead atoms. The molecule has 0 spiro atoms. The highest BCUT2D eigenvalue weighted by Crippen LogP contribution is 2.37. The highest BCUT2D eigenvalue weighted by Gasteiger charge is 2.26. The summed E-state index contributed by atoms with van der Waals surface area (Å²) in [5.74, 6) is 3.34. The molecular formula is C27H30ClN7OS. The monoisotopic (exact) mass is 535 g/mol. The Morgan fingerprint density at radius 3 is 2.84 bits per heavy atom. The van der Waals surface area contributed by atoms with Gasteiger partial charge in [0.15, 0.2) is 5.16 Å². The molecule has 8 nitrogen and oxygen atoms in total. The first-order valence-electron chi connectivity index (χ1n) is 12.3. The number of rotatable bonds is 7. The third-order valence-corrected chi connectivity index (χ3v) is 7.98. The Hall–Kier alpha value is -3.03. The summed E-state index contributed by atoms with van der Waals surface area (Å²) in [7, 11) is 4.03. The molecular weight excluding hydrogens is 506 g/mol. The Labute approximate surface area is 225 Å². The van der Waals surface area contributed by atoms with Gasteiger partial charge in [0, 0.05) is 54.4 Å². The van der Waals surface area contributed by atoms with Crippen molar-refractivity contribution in [1.29, 1.82) is 0 Å². The van der Waals surface area contributed by atoms with Crippen LogP contribution in [0.1, 0.15) is 24.6 Å². The van der Waals surface area contributed by atoms with Gasteiger partial charge in [-0.25, -0.2) is 9.97 Å². The zero-order chi connectivity index (χ0) is 26.3. The molecule has 37 heavy (non-hydrogen) atoms. The van der Waals surface area contributed by atoms with E-state index in [-0.39, 0.29) is 11.5 Å². The molecule has 1 fully saturated rings. The fourth-order valence-corrected chi connectivity index (χ4v) is 5.86. The Morgan fingerprint density at radius 1 is 1.35 bits per heavy atom. The summed E-state index contributed by atoms with van der Waals surface area (Å²) >= 11 is 8.14. The number of halogens is 1. The molecule has 3 aromatic heterocycles. The second-order valence-corrected chi connectivity index (χ2v) is 11.0. The number of pyridine rings is 1. The number of aromatic amines is 1. The zero-order valence-electron chi connectivity index (χ0n) is 21.2. The van der Waals surface area contributed by atoms with Crippen LogP contribution in [0.3, 0.4) is 0 Å². The summed E-state index contributed by atoms with van der Waals surface area (Å²) in [4.78, 5) is 31.3. The molecule has 1 aliphatic heterocycles. The molecule has 1 aliphatic rings. The number of aryl methyl sites for hydroxylation is 1. The van der Waals surface area contributed by atoms with Crippen LogP contribution in [-0.2, 0) is 13.0 Å². The topological polar surface area (TPSA) is 96.1 Å². The van der Waals surface area contributed by atoms with Gasteiger partial charge in [-0.15, -0.1) is 6.42 Å². The number of aromatic nitrogens is 4. The van der Waals surface area contributed by atoms with Gasteiger partial charge in [-0.1, -0.05) is 24.4 Å². The average molecular weight is 536 g/mol. The minimum absolute atomic E-state index is 0.102. The lowest BCUT2D eigenvalue weighted by atomic mass is 10.1. The highest BCUT2D eigenvalue weighted by molar-refractivity contribution is 7.99. The molecule has 10 heteroatoms. The van der Waals surface area contributed by atoms with E-state index in [1.54, 1.807) is 6.20 Å². The highest BCUT2D eigenvalue weighted by atomic mass is 35.5. The van der Waals surface area contributed by atoms with Crippen LogP contribution in [-0.4, -0.2) is 64.2 Å². The SMILES string of the molecule is C#Cc1cn(CCN(C)C)c2ccc(Sc3nc(N4CC[C@H](N)C4)c4c(Cl)c(CC)[nH]c4n3)cc2c1=O. The summed E-state index contributed by atoms with van der Waals surface area (Å²) in [5.41, 5.74) is 8.90. The number of fused-ring (bicyclic) bond motifs is 2. The van der Waals surface area contributed by atoms with Gasteiger partial charge in [0.2, 0.25) is 5.43 Å². The Bertz CT molecular complexity index is 1590. The molecule has 4 heterocycles. The van der Waals surface area contributed by atoms with Gasteiger partial charge in [-0.3, -0.25) is 4.79 Å². The zero-order valence-corrected chi connectivity index (χ0v) is 22.8.